The van der Waals surface area contributed by atoms with Gasteiger partial charge in [0.15, 0.2) is 0 Å². The van der Waals surface area contributed by atoms with Gasteiger partial charge in [-0.1, -0.05) is 18.9 Å². The lowest BCUT2D eigenvalue weighted by Crippen LogP contribution is -2.29. The van der Waals surface area contributed by atoms with E-state index in [1.165, 1.54) is 49.9 Å². The molecule has 33 heavy (non-hydrogen) atoms. The summed E-state index contributed by atoms with van der Waals surface area (Å²) in [6, 6.07) is 4.23. The zero-order valence-electron chi connectivity index (χ0n) is 20.5. The molecule has 180 valence electrons. The average molecular weight is 470 g/mol. The minimum absolute atomic E-state index is 0.161. The summed E-state index contributed by atoms with van der Waals surface area (Å²) in [4.78, 5) is 25.2. The van der Waals surface area contributed by atoms with Crippen LogP contribution >= 0.6 is 11.3 Å². The Hall–Kier alpha value is -1.79. The van der Waals surface area contributed by atoms with Gasteiger partial charge in [-0.05, 0) is 70.4 Å². The fourth-order valence-electron chi connectivity index (χ4n) is 5.30. The van der Waals surface area contributed by atoms with Crippen LogP contribution in [0, 0.1) is 18.8 Å². The number of ether oxygens (including phenoxy) is 1. The van der Waals surface area contributed by atoms with E-state index in [2.05, 4.69) is 16.0 Å². The number of Topliss-reactive ketones (excluding diaryl/α,β-unsaturated/α-hetero) is 1. The molecule has 1 aliphatic heterocycles. The van der Waals surface area contributed by atoms with Crippen LogP contribution in [0.5, 0.6) is 5.88 Å². The quantitative estimate of drug-likeness (QED) is 0.490. The summed E-state index contributed by atoms with van der Waals surface area (Å²) in [5.74, 6) is 2.55. The molecule has 0 N–H and O–H groups in total. The molecule has 3 heterocycles. The van der Waals surface area contributed by atoms with Crippen molar-refractivity contribution in [3.63, 3.8) is 0 Å². The maximum atomic E-state index is 12.5. The Morgan fingerprint density at radius 1 is 1.15 bits per heavy atom. The first-order valence-corrected chi connectivity index (χ1v) is 13.6. The maximum absolute atomic E-state index is 12.5. The summed E-state index contributed by atoms with van der Waals surface area (Å²) in [7, 11) is 0. The van der Waals surface area contributed by atoms with E-state index in [0.29, 0.717) is 18.1 Å². The van der Waals surface area contributed by atoms with Gasteiger partial charge in [0, 0.05) is 55.2 Å². The molecule has 0 saturated heterocycles. The Labute approximate surface area is 203 Å². The zero-order chi connectivity index (χ0) is 23.2. The molecule has 0 amide bonds. The fourth-order valence-corrected chi connectivity index (χ4v) is 6.13. The molecule has 5 nitrogen and oxygen atoms in total. The molecule has 0 spiro atoms. The molecule has 2 aromatic rings. The third-order valence-corrected chi connectivity index (χ3v) is 8.05. The predicted molar refractivity (Wildman–Crippen MR) is 134 cm³/mol. The Morgan fingerprint density at radius 2 is 1.91 bits per heavy atom. The van der Waals surface area contributed by atoms with Crippen LogP contribution in [0.4, 0.5) is 0 Å². The van der Waals surface area contributed by atoms with Crippen LogP contribution in [-0.4, -0.2) is 46.4 Å². The minimum atomic E-state index is 0.161. The standard InChI is InChI=1S/C27H39N3O2S/c1-19(2)32-27-9-8-23-11-14-30(15-12-26(23)29-27)13-10-21-4-6-22(7-5-21)16-24(31)17-25-18-28-20(3)33-25/h8-9,18-19,21-22H,4-7,10-17H2,1-3H3. The van der Waals surface area contributed by atoms with Gasteiger partial charge >= 0.3 is 0 Å². The van der Waals surface area contributed by atoms with E-state index in [9.17, 15) is 4.79 Å². The van der Waals surface area contributed by atoms with Gasteiger partial charge in [0.1, 0.15) is 5.78 Å². The van der Waals surface area contributed by atoms with Crippen LogP contribution in [0.15, 0.2) is 18.3 Å². The SMILES string of the molecule is Cc1ncc(CC(=O)CC2CCC(CCN3CCc4ccc(OC(C)C)nc4CC3)CC2)s1. The number of fused-ring (bicyclic) bond motifs is 1. The average Bonchev–Trinajstić information content (AvgIpc) is 3.07. The predicted octanol–water partition coefficient (Wildman–Crippen LogP) is 5.43. The van der Waals surface area contributed by atoms with Crippen LogP contribution in [0.25, 0.3) is 0 Å². The molecule has 0 radical (unpaired) electrons. The van der Waals surface area contributed by atoms with E-state index in [1.54, 1.807) is 11.3 Å². The number of rotatable bonds is 9. The smallest absolute Gasteiger partial charge is 0.213 e. The van der Waals surface area contributed by atoms with Crippen LogP contribution < -0.4 is 4.74 Å². The number of ketones is 1. The van der Waals surface area contributed by atoms with Crippen molar-refractivity contribution >= 4 is 17.1 Å². The van der Waals surface area contributed by atoms with E-state index in [4.69, 9.17) is 9.72 Å². The lowest BCUT2D eigenvalue weighted by molar-refractivity contribution is -0.119. The van der Waals surface area contributed by atoms with Gasteiger partial charge in [0.25, 0.3) is 0 Å². The number of hydrogen-bond acceptors (Lipinski definition) is 6. The molecule has 0 atom stereocenters. The Bertz CT molecular complexity index is 918. The second kappa shape index (κ2) is 11.6. The van der Waals surface area contributed by atoms with Crippen LogP contribution in [0.3, 0.4) is 0 Å². The van der Waals surface area contributed by atoms with E-state index >= 15 is 0 Å². The van der Waals surface area contributed by atoms with E-state index in [0.717, 1.165) is 54.0 Å². The van der Waals surface area contributed by atoms with Gasteiger partial charge in [-0.25, -0.2) is 9.97 Å². The molecule has 1 fully saturated rings. The Balaban J connectivity index is 1.16. The molecular formula is C27H39N3O2S. The largest absolute Gasteiger partial charge is 0.475 e. The van der Waals surface area contributed by atoms with Crippen molar-refractivity contribution in [2.75, 3.05) is 19.6 Å². The molecule has 0 bridgehead atoms. The summed E-state index contributed by atoms with van der Waals surface area (Å²) in [5, 5.41) is 1.05. The summed E-state index contributed by atoms with van der Waals surface area (Å²) < 4.78 is 5.79. The third-order valence-electron chi connectivity index (χ3n) is 7.14. The maximum Gasteiger partial charge on any atom is 0.213 e. The van der Waals surface area contributed by atoms with E-state index in [-0.39, 0.29) is 6.10 Å². The highest BCUT2D eigenvalue weighted by Gasteiger charge is 2.24. The normalized spacial score (nSPS) is 21.6. The third kappa shape index (κ3) is 7.35. The van der Waals surface area contributed by atoms with Crippen LogP contribution in [-0.2, 0) is 24.1 Å². The van der Waals surface area contributed by atoms with Crippen molar-refractivity contribution in [2.24, 2.45) is 11.8 Å². The number of aromatic nitrogens is 2. The van der Waals surface area contributed by atoms with Gasteiger partial charge < -0.3 is 9.64 Å². The Morgan fingerprint density at radius 3 is 2.64 bits per heavy atom. The highest BCUT2D eigenvalue weighted by atomic mass is 32.1. The molecule has 1 saturated carbocycles. The van der Waals surface area contributed by atoms with E-state index in [1.807, 2.05) is 33.0 Å². The number of nitrogens with zero attached hydrogens (tertiary/aromatic N) is 3. The van der Waals surface area contributed by atoms with Crippen molar-refractivity contribution in [1.29, 1.82) is 0 Å². The molecular weight excluding hydrogens is 430 g/mol. The van der Waals surface area contributed by atoms with Gasteiger partial charge in [0.05, 0.1) is 11.1 Å². The molecule has 1 aliphatic carbocycles. The topological polar surface area (TPSA) is 55.3 Å². The summed E-state index contributed by atoms with van der Waals surface area (Å²) in [5.41, 5.74) is 2.60. The first-order chi connectivity index (χ1) is 15.9. The number of thiazole rings is 1. The highest BCUT2D eigenvalue weighted by molar-refractivity contribution is 7.11. The highest BCUT2D eigenvalue weighted by Crippen LogP contribution is 2.33. The molecule has 0 aromatic carbocycles. The number of carbonyl (C=O) groups excluding carboxylic acids is 1. The van der Waals surface area contributed by atoms with Crippen molar-refractivity contribution in [1.82, 2.24) is 14.9 Å². The van der Waals surface area contributed by atoms with Crippen molar-refractivity contribution in [2.45, 2.75) is 84.7 Å². The molecule has 2 aromatic heterocycles. The van der Waals surface area contributed by atoms with Crippen LogP contribution in [0.1, 0.15) is 73.5 Å². The van der Waals surface area contributed by atoms with Crippen molar-refractivity contribution in [3.05, 3.63) is 39.5 Å². The second-order valence-electron chi connectivity index (χ2n) is 10.2. The summed E-state index contributed by atoms with van der Waals surface area (Å²) in [6.45, 7) is 9.49. The first-order valence-electron chi connectivity index (χ1n) is 12.8. The molecule has 2 aliphatic rings. The molecule has 6 heteroatoms. The minimum Gasteiger partial charge on any atom is -0.475 e. The Kier molecular flexibility index (Phi) is 8.53. The first kappa shape index (κ1) is 24.3. The summed E-state index contributed by atoms with van der Waals surface area (Å²) >= 11 is 1.65. The van der Waals surface area contributed by atoms with Crippen molar-refractivity contribution in [3.8, 4) is 5.88 Å². The lowest BCUT2D eigenvalue weighted by atomic mass is 9.78. The van der Waals surface area contributed by atoms with Gasteiger partial charge in [-0.2, -0.15) is 0 Å². The molecule has 4 rings (SSSR count). The van der Waals surface area contributed by atoms with Crippen LogP contribution in [0.2, 0.25) is 0 Å². The van der Waals surface area contributed by atoms with Gasteiger partial charge in [-0.15, -0.1) is 11.3 Å². The number of aryl methyl sites for hydroxylation is 1. The molecule has 0 unspecified atom stereocenters. The summed E-state index contributed by atoms with van der Waals surface area (Å²) in [6.07, 6.45) is 11.7. The fraction of sp³-hybridized carbons (Fsp3) is 0.667. The van der Waals surface area contributed by atoms with Gasteiger partial charge in [-0.3, -0.25) is 4.79 Å². The monoisotopic (exact) mass is 469 g/mol. The second-order valence-corrected chi connectivity index (χ2v) is 11.5. The van der Waals surface area contributed by atoms with E-state index < -0.39 is 0 Å². The lowest BCUT2D eigenvalue weighted by Gasteiger charge is -2.30. The zero-order valence-corrected chi connectivity index (χ0v) is 21.3. The number of pyridine rings is 1. The number of hydrogen-bond donors (Lipinski definition) is 0. The van der Waals surface area contributed by atoms with Gasteiger partial charge in [0.2, 0.25) is 5.88 Å². The van der Waals surface area contributed by atoms with Crippen molar-refractivity contribution < 1.29 is 9.53 Å². The number of carbonyl (C=O) groups is 1.